The van der Waals surface area contributed by atoms with E-state index in [0.717, 1.165) is 5.56 Å². The average Bonchev–Trinajstić information content (AvgIpc) is 3.37. The van der Waals surface area contributed by atoms with E-state index in [4.69, 9.17) is 14.0 Å². The molecule has 0 saturated carbocycles. The van der Waals surface area contributed by atoms with Crippen molar-refractivity contribution >= 4 is 18.6 Å². The Labute approximate surface area is 210 Å². The van der Waals surface area contributed by atoms with Gasteiger partial charge in [-0.15, -0.1) is 0 Å². The second kappa shape index (κ2) is 10.7. The number of ether oxygens (including phenoxy) is 2. The summed E-state index contributed by atoms with van der Waals surface area (Å²) in [5.41, 5.74) is 0.756. The Balaban J connectivity index is 1.73. The van der Waals surface area contributed by atoms with E-state index >= 15 is 0 Å². The van der Waals surface area contributed by atoms with Gasteiger partial charge in [-0.05, 0) is 32.9 Å². The third kappa shape index (κ3) is 5.80. The maximum atomic E-state index is 12.9. The van der Waals surface area contributed by atoms with E-state index < -0.39 is 31.7 Å². The molecule has 0 spiro atoms. The van der Waals surface area contributed by atoms with Crippen molar-refractivity contribution < 1.29 is 23.5 Å². The highest BCUT2D eigenvalue weighted by atomic mass is 31.2. The molecule has 0 aliphatic carbocycles. The Morgan fingerprint density at radius 3 is 2.64 bits per heavy atom. The van der Waals surface area contributed by atoms with E-state index in [1.54, 1.807) is 31.5 Å². The monoisotopic (exact) mass is 512 g/mol. The summed E-state index contributed by atoms with van der Waals surface area (Å²) in [5, 5.41) is 0.351. The Morgan fingerprint density at radius 1 is 1.25 bits per heavy atom. The molecule has 9 nitrogen and oxygen atoms in total. The number of H-pyrrole nitrogens is 1. The van der Waals surface area contributed by atoms with Crippen LogP contribution in [0, 0.1) is 18.8 Å². The van der Waals surface area contributed by atoms with Crippen molar-refractivity contribution in [2.45, 2.75) is 71.2 Å². The standard InChI is InChI=1S/C26H32N3O6P/c1-16(2)33-15-22-21(35-36(31,32)17(3)4)13-23(34-22)29-14-20(12-11-19-9-7-6-8-10-19)24-25(29)27-18(5)28-26(24)30/h6-10,14,16-17,21-23H,13,15H2,1-5H3,(H,31,32)(H,27,28,30)/p-1/t21-,22-,23-/m1/s1. The van der Waals surface area contributed by atoms with Gasteiger partial charge in [-0.2, -0.15) is 0 Å². The molecule has 3 aromatic rings. The van der Waals surface area contributed by atoms with Crippen LogP contribution >= 0.6 is 7.60 Å². The van der Waals surface area contributed by atoms with Gasteiger partial charge in [0.2, 0.25) is 0 Å². The average molecular weight is 513 g/mol. The van der Waals surface area contributed by atoms with Crippen molar-refractivity contribution in [1.29, 1.82) is 0 Å². The van der Waals surface area contributed by atoms with Crippen LogP contribution in [0.15, 0.2) is 41.3 Å². The number of aromatic nitrogens is 3. The van der Waals surface area contributed by atoms with Gasteiger partial charge in [-0.3, -0.25) is 4.79 Å². The summed E-state index contributed by atoms with van der Waals surface area (Å²) in [6.45, 7) is 8.82. The van der Waals surface area contributed by atoms with E-state index in [2.05, 4.69) is 21.8 Å². The number of aryl methyl sites for hydroxylation is 1. The molecule has 10 heteroatoms. The third-order valence-electron chi connectivity index (χ3n) is 5.92. The quantitative estimate of drug-likeness (QED) is 0.380. The van der Waals surface area contributed by atoms with Crippen LogP contribution in [-0.4, -0.2) is 45.1 Å². The molecule has 1 aliphatic heterocycles. The minimum atomic E-state index is -4.11. The number of fused-ring (bicyclic) bond motifs is 1. The number of rotatable bonds is 7. The van der Waals surface area contributed by atoms with Crippen molar-refractivity contribution in [2.24, 2.45) is 0 Å². The Hall–Kier alpha value is -2.73. The van der Waals surface area contributed by atoms with Gasteiger partial charge in [-0.1, -0.05) is 43.9 Å². The molecule has 2 aromatic heterocycles. The smallest absolute Gasteiger partial charge is 0.261 e. The van der Waals surface area contributed by atoms with Crippen LogP contribution in [0.4, 0.5) is 0 Å². The van der Waals surface area contributed by atoms with Gasteiger partial charge in [0.1, 0.15) is 25.8 Å². The fraction of sp³-hybridized carbons (Fsp3) is 0.462. The van der Waals surface area contributed by atoms with Crippen LogP contribution in [-0.2, 0) is 18.6 Å². The lowest BCUT2D eigenvalue weighted by molar-refractivity contribution is -0.207. The fourth-order valence-electron chi connectivity index (χ4n) is 3.97. The summed E-state index contributed by atoms with van der Waals surface area (Å²) in [6, 6.07) is 9.46. The maximum Gasteiger partial charge on any atom is 0.261 e. The highest BCUT2D eigenvalue weighted by molar-refractivity contribution is 7.52. The summed E-state index contributed by atoms with van der Waals surface area (Å²) in [4.78, 5) is 32.7. The summed E-state index contributed by atoms with van der Waals surface area (Å²) in [5.74, 6) is 6.62. The molecule has 1 unspecified atom stereocenters. The van der Waals surface area contributed by atoms with E-state index in [-0.39, 0.29) is 24.7 Å². The maximum absolute atomic E-state index is 12.9. The summed E-state index contributed by atoms with van der Waals surface area (Å²) >= 11 is 0. The van der Waals surface area contributed by atoms with Crippen LogP contribution in [0.25, 0.3) is 11.0 Å². The topological polar surface area (TPSA) is 118 Å². The number of aromatic amines is 1. The molecule has 1 aromatic carbocycles. The first-order chi connectivity index (χ1) is 17.0. The molecule has 0 radical (unpaired) electrons. The molecule has 36 heavy (non-hydrogen) atoms. The molecular weight excluding hydrogens is 481 g/mol. The first kappa shape index (κ1) is 26.3. The Morgan fingerprint density at radius 2 is 1.97 bits per heavy atom. The normalized spacial score (nSPS) is 21.6. The zero-order chi connectivity index (χ0) is 26.0. The zero-order valence-corrected chi connectivity index (χ0v) is 22.0. The molecule has 4 rings (SSSR count). The molecule has 0 bridgehead atoms. The number of hydrogen-bond acceptors (Lipinski definition) is 7. The Kier molecular flexibility index (Phi) is 7.84. The van der Waals surface area contributed by atoms with Crippen LogP contribution in [0.2, 0.25) is 0 Å². The second-order valence-corrected chi connectivity index (χ2v) is 11.8. The summed E-state index contributed by atoms with van der Waals surface area (Å²) in [6.07, 6.45) is -0.0567. The lowest BCUT2D eigenvalue weighted by Gasteiger charge is -2.31. The lowest BCUT2D eigenvalue weighted by Crippen LogP contribution is -2.32. The highest BCUT2D eigenvalue weighted by Gasteiger charge is 2.40. The summed E-state index contributed by atoms with van der Waals surface area (Å²) < 4.78 is 31.9. The predicted molar refractivity (Wildman–Crippen MR) is 135 cm³/mol. The molecule has 1 N–H and O–H groups in total. The molecule has 1 fully saturated rings. The van der Waals surface area contributed by atoms with Crippen molar-refractivity contribution in [2.75, 3.05) is 6.61 Å². The second-order valence-electron chi connectivity index (χ2n) is 9.44. The van der Waals surface area contributed by atoms with E-state index in [9.17, 15) is 14.3 Å². The number of nitrogens with zero attached hydrogens (tertiary/aromatic N) is 2. The van der Waals surface area contributed by atoms with Gasteiger partial charge in [-0.25, -0.2) is 4.98 Å². The van der Waals surface area contributed by atoms with Gasteiger partial charge in [0.25, 0.3) is 5.56 Å². The van der Waals surface area contributed by atoms with Crippen LogP contribution in [0.3, 0.4) is 0 Å². The van der Waals surface area contributed by atoms with E-state index in [1.165, 1.54) is 0 Å². The minimum absolute atomic E-state index is 0.0624. The van der Waals surface area contributed by atoms with Crippen LogP contribution in [0.5, 0.6) is 0 Å². The van der Waals surface area contributed by atoms with E-state index in [1.807, 2.05) is 44.2 Å². The SMILES string of the molecule is Cc1nc2c(c(C#Cc3ccccc3)cn2[C@H]2C[C@@H](OP(=O)([O-])C(C)C)[C@@H](COC(C)C)O2)c(=O)[nH]1. The summed E-state index contributed by atoms with van der Waals surface area (Å²) in [7, 11) is -4.11. The highest BCUT2D eigenvalue weighted by Crippen LogP contribution is 2.48. The first-order valence-electron chi connectivity index (χ1n) is 12.0. The lowest BCUT2D eigenvalue weighted by atomic mass is 10.2. The van der Waals surface area contributed by atoms with Crippen molar-refractivity contribution in [3.05, 3.63) is 63.8 Å². The number of benzene rings is 1. The number of hydrogen-bond donors (Lipinski definition) is 1. The minimum Gasteiger partial charge on any atom is -0.778 e. The van der Waals surface area contributed by atoms with Crippen molar-refractivity contribution in [3.63, 3.8) is 0 Å². The van der Waals surface area contributed by atoms with Crippen LogP contribution in [0.1, 0.15) is 57.3 Å². The first-order valence-corrected chi connectivity index (χ1v) is 13.6. The molecule has 3 heterocycles. The number of nitrogens with one attached hydrogen (secondary N) is 1. The fourth-order valence-corrected chi connectivity index (χ4v) is 4.81. The molecular formula is C26H31N3O6P-. The molecule has 1 aliphatic rings. The van der Waals surface area contributed by atoms with Gasteiger partial charge < -0.3 is 33.0 Å². The van der Waals surface area contributed by atoms with Gasteiger partial charge in [0.05, 0.1) is 29.8 Å². The largest absolute Gasteiger partial charge is 0.778 e. The molecule has 192 valence electrons. The van der Waals surface area contributed by atoms with E-state index in [0.29, 0.717) is 22.4 Å². The zero-order valence-electron chi connectivity index (χ0n) is 21.1. The Bertz CT molecular complexity index is 1390. The van der Waals surface area contributed by atoms with Crippen molar-refractivity contribution in [1.82, 2.24) is 14.5 Å². The van der Waals surface area contributed by atoms with Gasteiger partial charge >= 0.3 is 0 Å². The third-order valence-corrected chi connectivity index (χ3v) is 7.74. The molecule has 4 atom stereocenters. The van der Waals surface area contributed by atoms with Gasteiger partial charge in [0, 0.05) is 23.8 Å². The predicted octanol–water partition coefficient (Wildman–Crippen LogP) is 3.49. The van der Waals surface area contributed by atoms with Gasteiger partial charge in [0.15, 0.2) is 5.65 Å². The molecule has 1 saturated heterocycles. The molecule has 0 amide bonds. The van der Waals surface area contributed by atoms with Crippen LogP contribution < -0.4 is 10.5 Å². The van der Waals surface area contributed by atoms with Crippen molar-refractivity contribution in [3.8, 4) is 11.8 Å².